The van der Waals surface area contributed by atoms with Gasteiger partial charge in [0.2, 0.25) is 0 Å². The fourth-order valence-electron chi connectivity index (χ4n) is 3.81. The van der Waals surface area contributed by atoms with Crippen molar-refractivity contribution in [3.63, 3.8) is 0 Å². The molecule has 4 aromatic rings. The zero-order valence-corrected chi connectivity index (χ0v) is 17.6. The minimum Gasteiger partial charge on any atom is -0.461 e. The highest BCUT2D eigenvalue weighted by atomic mass is 16.3. The standard InChI is InChI=1S/C26H27NO/c1-16-7-8-21(13-17(16)2)22-9-11-25(18(3)14-22)27(6)23-10-12-26-24(15-23)19(4)20(5)28-26/h7-15H,1-6H3. The zero-order chi connectivity index (χ0) is 20.0. The van der Waals surface area contributed by atoms with Crippen molar-refractivity contribution in [2.45, 2.75) is 34.6 Å². The molecule has 0 aliphatic heterocycles. The zero-order valence-electron chi connectivity index (χ0n) is 17.6. The van der Waals surface area contributed by atoms with Gasteiger partial charge < -0.3 is 9.32 Å². The molecule has 0 aliphatic rings. The van der Waals surface area contributed by atoms with E-state index in [2.05, 4.69) is 94.2 Å². The highest BCUT2D eigenvalue weighted by molar-refractivity contribution is 5.87. The monoisotopic (exact) mass is 369 g/mol. The summed E-state index contributed by atoms with van der Waals surface area (Å²) in [6.07, 6.45) is 0. The van der Waals surface area contributed by atoms with Crippen molar-refractivity contribution < 1.29 is 4.42 Å². The summed E-state index contributed by atoms with van der Waals surface area (Å²) in [7, 11) is 2.13. The largest absolute Gasteiger partial charge is 0.461 e. The van der Waals surface area contributed by atoms with E-state index in [1.807, 2.05) is 6.92 Å². The molecule has 0 fully saturated rings. The fraction of sp³-hybridized carbons (Fsp3) is 0.231. The summed E-state index contributed by atoms with van der Waals surface area (Å²) in [5, 5.41) is 1.19. The Bertz CT molecular complexity index is 1180. The summed E-state index contributed by atoms with van der Waals surface area (Å²) in [5.74, 6) is 0.990. The first kappa shape index (κ1) is 18.4. The topological polar surface area (TPSA) is 16.4 Å². The number of benzene rings is 3. The van der Waals surface area contributed by atoms with Crippen molar-refractivity contribution in [2.75, 3.05) is 11.9 Å². The molecule has 0 amide bonds. The van der Waals surface area contributed by atoms with Crippen molar-refractivity contribution in [1.82, 2.24) is 0 Å². The van der Waals surface area contributed by atoms with Crippen LogP contribution in [0.2, 0.25) is 0 Å². The molecule has 0 spiro atoms. The summed E-state index contributed by atoms with van der Waals surface area (Å²) in [5.41, 5.74) is 11.0. The minimum atomic E-state index is 0.953. The molecule has 1 aromatic heterocycles. The second kappa shape index (κ2) is 6.87. The van der Waals surface area contributed by atoms with Crippen LogP contribution in [0, 0.1) is 34.6 Å². The number of fused-ring (bicyclic) bond motifs is 1. The third-order valence-corrected chi connectivity index (χ3v) is 5.94. The molecule has 3 aromatic carbocycles. The molecular weight excluding hydrogens is 342 g/mol. The molecule has 0 saturated heterocycles. The lowest BCUT2D eigenvalue weighted by atomic mass is 9.98. The molecule has 0 aliphatic carbocycles. The number of rotatable bonds is 3. The van der Waals surface area contributed by atoms with Gasteiger partial charge in [0.05, 0.1) is 0 Å². The Hall–Kier alpha value is -3.00. The predicted octanol–water partition coefficient (Wildman–Crippen LogP) is 7.41. The van der Waals surface area contributed by atoms with Crippen LogP contribution in [0.15, 0.2) is 59.0 Å². The van der Waals surface area contributed by atoms with Crippen LogP contribution in [-0.4, -0.2) is 7.05 Å². The van der Waals surface area contributed by atoms with E-state index < -0.39 is 0 Å². The average molecular weight is 370 g/mol. The first-order valence-electron chi connectivity index (χ1n) is 9.77. The third kappa shape index (κ3) is 3.09. The first-order chi connectivity index (χ1) is 13.3. The molecular formula is C26H27NO. The van der Waals surface area contributed by atoms with E-state index >= 15 is 0 Å². The molecule has 0 N–H and O–H groups in total. The molecule has 28 heavy (non-hydrogen) atoms. The van der Waals surface area contributed by atoms with Crippen LogP contribution in [0.3, 0.4) is 0 Å². The summed E-state index contributed by atoms with van der Waals surface area (Å²) in [6.45, 7) is 10.6. The molecule has 0 atom stereocenters. The Balaban J connectivity index is 1.71. The number of furan rings is 1. The highest BCUT2D eigenvalue weighted by Crippen LogP contribution is 2.34. The lowest BCUT2D eigenvalue weighted by molar-refractivity contribution is 0.575. The Morgan fingerprint density at radius 2 is 1.36 bits per heavy atom. The Labute approximate surface area is 167 Å². The minimum absolute atomic E-state index is 0.953. The van der Waals surface area contributed by atoms with Crippen molar-refractivity contribution in [1.29, 1.82) is 0 Å². The maximum atomic E-state index is 5.83. The van der Waals surface area contributed by atoms with Crippen molar-refractivity contribution in [3.8, 4) is 11.1 Å². The quantitative estimate of drug-likeness (QED) is 0.374. The number of aryl methyl sites for hydroxylation is 5. The number of hydrogen-bond acceptors (Lipinski definition) is 2. The molecule has 0 saturated carbocycles. The van der Waals surface area contributed by atoms with E-state index in [0.717, 1.165) is 11.3 Å². The number of hydrogen-bond donors (Lipinski definition) is 0. The maximum absolute atomic E-state index is 5.83. The van der Waals surface area contributed by atoms with Gasteiger partial charge in [0.15, 0.2) is 0 Å². The predicted molar refractivity (Wildman–Crippen MR) is 120 cm³/mol. The van der Waals surface area contributed by atoms with Crippen LogP contribution in [0.5, 0.6) is 0 Å². The molecule has 0 radical (unpaired) electrons. The molecule has 0 unspecified atom stereocenters. The smallest absolute Gasteiger partial charge is 0.134 e. The van der Waals surface area contributed by atoms with Crippen LogP contribution in [0.1, 0.15) is 28.0 Å². The van der Waals surface area contributed by atoms with Gasteiger partial charge in [-0.2, -0.15) is 0 Å². The van der Waals surface area contributed by atoms with E-state index in [-0.39, 0.29) is 0 Å². The summed E-state index contributed by atoms with van der Waals surface area (Å²) < 4.78 is 5.83. The normalized spacial score (nSPS) is 11.2. The molecule has 4 rings (SSSR count). The third-order valence-electron chi connectivity index (χ3n) is 5.94. The summed E-state index contributed by atoms with van der Waals surface area (Å²) in [6, 6.07) is 19.8. The van der Waals surface area contributed by atoms with E-state index in [4.69, 9.17) is 4.42 Å². The van der Waals surface area contributed by atoms with E-state index in [1.165, 1.54) is 50.1 Å². The van der Waals surface area contributed by atoms with Gasteiger partial charge in [0.25, 0.3) is 0 Å². The van der Waals surface area contributed by atoms with Crippen LogP contribution in [-0.2, 0) is 0 Å². The van der Waals surface area contributed by atoms with Gasteiger partial charge in [-0.1, -0.05) is 24.3 Å². The van der Waals surface area contributed by atoms with Crippen LogP contribution in [0.25, 0.3) is 22.1 Å². The molecule has 2 nitrogen and oxygen atoms in total. The lowest BCUT2D eigenvalue weighted by Crippen LogP contribution is -2.10. The van der Waals surface area contributed by atoms with Gasteiger partial charge in [-0.05, 0) is 98.3 Å². The van der Waals surface area contributed by atoms with Gasteiger partial charge in [-0.3, -0.25) is 0 Å². The number of nitrogens with zero attached hydrogens (tertiary/aromatic N) is 1. The molecule has 142 valence electrons. The van der Waals surface area contributed by atoms with Crippen LogP contribution >= 0.6 is 0 Å². The summed E-state index contributed by atoms with van der Waals surface area (Å²) in [4.78, 5) is 2.25. The van der Waals surface area contributed by atoms with E-state index in [1.54, 1.807) is 0 Å². The summed E-state index contributed by atoms with van der Waals surface area (Å²) >= 11 is 0. The van der Waals surface area contributed by atoms with Crippen LogP contribution in [0.4, 0.5) is 11.4 Å². The van der Waals surface area contributed by atoms with Gasteiger partial charge in [-0.25, -0.2) is 0 Å². The first-order valence-corrected chi connectivity index (χ1v) is 9.77. The molecule has 2 heteroatoms. The fourth-order valence-corrected chi connectivity index (χ4v) is 3.81. The van der Waals surface area contributed by atoms with Gasteiger partial charge in [-0.15, -0.1) is 0 Å². The molecule has 0 bridgehead atoms. The number of anilines is 2. The van der Waals surface area contributed by atoms with E-state index in [0.29, 0.717) is 0 Å². The second-order valence-corrected chi connectivity index (χ2v) is 7.82. The average Bonchev–Trinajstić information content (AvgIpc) is 2.97. The van der Waals surface area contributed by atoms with Crippen LogP contribution < -0.4 is 4.90 Å². The van der Waals surface area contributed by atoms with Gasteiger partial charge >= 0.3 is 0 Å². The Morgan fingerprint density at radius 3 is 2.04 bits per heavy atom. The van der Waals surface area contributed by atoms with Crippen molar-refractivity contribution in [3.05, 3.63) is 82.6 Å². The maximum Gasteiger partial charge on any atom is 0.134 e. The van der Waals surface area contributed by atoms with Gasteiger partial charge in [0.1, 0.15) is 11.3 Å². The highest BCUT2D eigenvalue weighted by Gasteiger charge is 2.12. The SMILES string of the molecule is Cc1ccc(-c2ccc(N(C)c3ccc4oc(C)c(C)c4c3)c(C)c2)cc1C. The van der Waals surface area contributed by atoms with Crippen molar-refractivity contribution in [2.24, 2.45) is 0 Å². The lowest BCUT2D eigenvalue weighted by Gasteiger charge is -2.22. The molecule has 1 heterocycles. The van der Waals surface area contributed by atoms with Crippen molar-refractivity contribution >= 4 is 22.3 Å². The second-order valence-electron chi connectivity index (χ2n) is 7.82. The van der Waals surface area contributed by atoms with E-state index in [9.17, 15) is 0 Å². The van der Waals surface area contributed by atoms with Gasteiger partial charge in [0, 0.05) is 23.8 Å². The Morgan fingerprint density at radius 1 is 0.679 bits per heavy atom. The Kier molecular flexibility index (Phi) is 4.50.